The van der Waals surface area contributed by atoms with E-state index in [0.717, 1.165) is 12.5 Å². The summed E-state index contributed by atoms with van der Waals surface area (Å²) in [5.74, 6) is 0. The normalized spacial score (nSPS) is 16.0. The van der Waals surface area contributed by atoms with E-state index in [0.29, 0.717) is 0 Å². The number of benzene rings is 2. The molecule has 0 heterocycles. The lowest BCUT2D eigenvalue weighted by Crippen LogP contribution is -2.53. The lowest BCUT2D eigenvalue weighted by Gasteiger charge is -2.36. The molecule has 1 nitrogen and oxygen atoms in total. The fourth-order valence-corrected chi connectivity index (χ4v) is 6.94. The maximum atomic E-state index is 6.62. The zero-order chi connectivity index (χ0) is 16.0. The molecule has 0 amide bonds. The Labute approximate surface area is 135 Å². The lowest BCUT2D eigenvalue weighted by molar-refractivity contribution is 0.123. The zero-order valence-corrected chi connectivity index (χ0v) is 15.4. The minimum Gasteiger partial charge on any atom is -0.408 e. The van der Waals surface area contributed by atoms with Crippen LogP contribution in [0, 0.1) is 0 Å². The molecule has 0 spiro atoms. The van der Waals surface area contributed by atoms with Crippen molar-refractivity contribution in [1.29, 1.82) is 0 Å². The number of fused-ring (bicyclic) bond motifs is 3. The first-order chi connectivity index (χ1) is 10.3. The average molecular weight is 311 g/mol. The van der Waals surface area contributed by atoms with Crippen molar-refractivity contribution in [2.45, 2.75) is 52.3 Å². The molecular formula is C20H26OSi. The Morgan fingerprint density at radius 2 is 1.68 bits per heavy atom. The van der Waals surface area contributed by atoms with Crippen molar-refractivity contribution >= 4 is 13.5 Å². The van der Waals surface area contributed by atoms with Crippen molar-refractivity contribution in [2.75, 3.05) is 0 Å². The summed E-state index contributed by atoms with van der Waals surface area (Å²) in [6, 6.07) is 16.7. The van der Waals surface area contributed by atoms with Crippen molar-refractivity contribution in [3.05, 3.63) is 53.6 Å². The van der Waals surface area contributed by atoms with Gasteiger partial charge >= 0.3 is 0 Å². The summed E-state index contributed by atoms with van der Waals surface area (Å²) >= 11 is 0. The van der Waals surface area contributed by atoms with E-state index >= 15 is 0 Å². The van der Waals surface area contributed by atoms with Crippen LogP contribution in [0.4, 0.5) is 0 Å². The Kier molecular flexibility index (Phi) is 3.78. The minimum absolute atomic E-state index is 0.0921. The van der Waals surface area contributed by atoms with E-state index in [-0.39, 0.29) is 5.60 Å². The molecule has 2 aromatic rings. The third-order valence-corrected chi connectivity index (χ3v) is 8.65. The molecule has 2 heteroatoms. The molecule has 0 bridgehead atoms. The molecule has 22 heavy (non-hydrogen) atoms. The molecule has 1 unspecified atom stereocenters. The van der Waals surface area contributed by atoms with E-state index in [1.54, 1.807) is 0 Å². The summed E-state index contributed by atoms with van der Waals surface area (Å²) in [7, 11) is -1.93. The van der Waals surface area contributed by atoms with Crippen LogP contribution in [-0.4, -0.2) is 13.9 Å². The summed E-state index contributed by atoms with van der Waals surface area (Å²) in [5, 5.41) is 1.48. The molecule has 0 aromatic heterocycles. The molecule has 0 radical (unpaired) electrons. The van der Waals surface area contributed by atoms with Gasteiger partial charge in [-0.25, -0.2) is 0 Å². The molecule has 1 aliphatic carbocycles. The van der Waals surface area contributed by atoms with Crippen LogP contribution in [-0.2, 0) is 10.8 Å². The van der Waals surface area contributed by atoms with Gasteiger partial charge in [-0.05, 0) is 67.2 Å². The van der Waals surface area contributed by atoms with Gasteiger partial charge in [-0.2, -0.15) is 0 Å². The van der Waals surface area contributed by atoms with Crippen molar-refractivity contribution in [1.82, 2.24) is 0 Å². The smallest absolute Gasteiger partial charge is 0.221 e. The van der Waals surface area contributed by atoms with E-state index < -0.39 is 8.32 Å². The molecule has 1 atom stereocenters. The molecule has 2 aromatic carbocycles. The van der Waals surface area contributed by atoms with Crippen LogP contribution < -0.4 is 5.19 Å². The highest BCUT2D eigenvalue weighted by Crippen LogP contribution is 2.37. The minimum atomic E-state index is -1.93. The molecule has 0 fully saturated rings. The van der Waals surface area contributed by atoms with Gasteiger partial charge in [-0.1, -0.05) is 49.4 Å². The van der Waals surface area contributed by atoms with Crippen LogP contribution in [0.25, 0.3) is 11.1 Å². The Morgan fingerprint density at radius 1 is 1.00 bits per heavy atom. The summed E-state index contributed by atoms with van der Waals surface area (Å²) in [6.45, 7) is 11.2. The van der Waals surface area contributed by atoms with Gasteiger partial charge in [0.15, 0.2) is 0 Å². The number of hydrogen-bond donors (Lipinski definition) is 0. The second-order valence-electron chi connectivity index (χ2n) is 7.46. The SMILES string of the molecule is CC[Si](C)(OC(C)(C)C)c1cccc2c1Cc1ccccc1-2. The largest absolute Gasteiger partial charge is 0.408 e. The second kappa shape index (κ2) is 5.36. The maximum Gasteiger partial charge on any atom is 0.221 e. The highest BCUT2D eigenvalue weighted by Gasteiger charge is 2.37. The molecule has 0 N–H and O–H groups in total. The predicted octanol–water partition coefficient (Wildman–Crippen LogP) is 4.88. The standard InChI is InChI=1S/C20H26OSi/c1-6-22(5,21-20(2,3)4)19-13-9-12-17-16-11-8-7-10-15(16)14-18(17)19/h7-13H,6,14H2,1-5H3. The van der Waals surface area contributed by atoms with Gasteiger partial charge in [0.25, 0.3) is 0 Å². The fraction of sp³-hybridized carbons (Fsp3) is 0.400. The highest BCUT2D eigenvalue weighted by molar-refractivity contribution is 6.86. The van der Waals surface area contributed by atoms with Crippen molar-refractivity contribution < 1.29 is 4.43 Å². The Balaban J connectivity index is 2.11. The third kappa shape index (κ3) is 2.66. The molecular weight excluding hydrogens is 284 g/mol. The summed E-state index contributed by atoms with van der Waals surface area (Å²) in [4.78, 5) is 0. The van der Waals surface area contributed by atoms with E-state index in [9.17, 15) is 0 Å². The topological polar surface area (TPSA) is 9.23 Å². The second-order valence-corrected chi connectivity index (χ2v) is 11.4. The van der Waals surface area contributed by atoms with E-state index in [1.165, 1.54) is 27.4 Å². The van der Waals surface area contributed by atoms with Crippen LogP contribution in [0.15, 0.2) is 42.5 Å². The summed E-state index contributed by atoms with van der Waals surface area (Å²) in [6.07, 6.45) is 1.05. The Morgan fingerprint density at radius 3 is 2.36 bits per heavy atom. The number of hydrogen-bond acceptors (Lipinski definition) is 1. The molecule has 0 saturated heterocycles. The monoisotopic (exact) mass is 310 g/mol. The highest BCUT2D eigenvalue weighted by atomic mass is 28.4. The first-order valence-electron chi connectivity index (χ1n) is 8.25. The molecule has 116 valence electrons. The zero-order valence-electron chi connectivity index (χ0n) is 14.4. The van der Waals surface area contributed by atoms with Crippen LogP contribution in [0.1, 0.15) is 38.8 Å². The molecule has 3 rings (SSSR count). The quantitative estimate of drug-likeness (QED) is 0.627. The van der Waals surface area contributed by atoms with Crippen molar-refractivity contribution in [3.8, 4) is 11.1 Å². The van der Waals surface area contributed by atoms with Crippen molar-refractivity contribution in [3.63, 3.8) is 0 Å². The molecule has 0 aliphatic heterocycles. The van der Waals surface area contributed by atoms with E-state index in [4.69, 9.17) is 4.43 Å². The number of rotatable bonds is 3. The van der Waals surface area contributed by atoms with E-state index in [2.05, 4.69) is 76.7 Å². The van der Waals surface area contributed by atoms with Crippen LogP contribution >= 0.6 is 0 Å². The first-order valence-corrected chi connectivity index (χ1v) is 10.9. The van der Waals surface area contributed by atoms with Gasteiger partial charge in [0, 0.05) is 5.60 Å². The van der Waals surface area contributed by atoms with Gasteiger partial charge in [0.05, 0.1) is 0 Å². The van der Waals surface area contributed by atoms with Crippen LogP contribution in [0.5, 0.6) is 0 Å². The third-order valence-electron chi connectivity index (χ3n) is 4.63. The van der Waals surface area contributed by atoms with Crippen LogP contribution in [0.2, 0.25) is 12.6 Å². The molecule has 0 saturated carbocycles. The Hall–Kier alpha value is -1.38. The van der Waals surface area contributed by atoms with Crippen LogP contribution in [0.3, 0.4) is 0 Å². The van der Waals surface area contributed by atoms with Gasteiger partial charge in [-0.3, -0.25) is 0 Å². The summed E-state index contributed by atoms with van der Waals surface area (Å²) < 4.78 is 6.62. The first kappa shape index (κ1) is 15.5. The fourth-order valence-electron chi connectivity index (χ4n) is 3.65. The Bertz CT molecular complexity index is 699. The molecule has 1 aliphatic rings. The van der Waals surface area contributed by atoms with Crippen molar-refractivity contribution in [2.24, 2.45) is 0 Å². The lowest BCUT2D eigenvalue weighted by atomic mass is 10.1. The predicted molar refractivity (Wildman–Crippen MR) is 97.3 cm³/mol. The average Bonchev–Trinajstić information content (AvgIpc) is 2.83. The van der Waals surface area contributed by atoms with Gasteiger partial charge in [0.2, 0.25) is 8.32 Å². The van der Waals surface area contributed by atoms with Gasteiger partial charge in [-0.15, -0.1) is 0 Å². The van der Waals surface area contributed by atoms with E-state index in [1.807, 2.05) is 0 Å². The van der Waals surface area contributed by atoms with Gasteiger partial charge in [0.1, 0.15) is 0 Å². The summed E-state index contributed by atoms with van der Waals surface area (Å²) in [5.41, 5.74) is 5.68. The maximum absolute atomic E-state index is 6.62. The van der Waals surface area contributed by atoms with Gasteiger partial charge < -0.3 is 4.43 Å².